The minimum atomic E-state index is -0.974. The van der Waals surface area contributed by atoms with Gasteiger partial charge in [0.05, 0.1) is 24.1 Å². The first kappa shape index (κ1) is 22.0. The summed E-state index contributed by atoms with van der Waals surface area (Å²) in [4.78, 5) is 29.4. The van der Waals surface area contributed by atoms with Crippen molar-refractivity contribution in [3.8, 4) is 17.0 Å². The fourth-order valence-corrected chi connectivity index (χ4v) is 4.92. The molecule has 4 N–H and O–H groups in total. The number of carboxylic acids is 1. The second-order valence-electron chi connectivity index (χ2n) is 7.92. The number of para-hydroxylation sites is 1. The topological polar surface area (TPSA) is 115 Å². The Morgan fingerprint density at radius 2 is 1.81 bits per heavy atom. The highest BCUT2D eigenvalue weighted by molar-refractivity contribution is 7.09. The van der Waals surface area contributed by atoms with Crippen LogP contribution in [-0.2, 0) is 29.0 Å². The minimum Gasteiger partial charge on any atom is -0.492 e. The molecular weight excluding hydrogens is 426 g/mol. The fraction of sp³-hybridized carbons (Fsp3) is 0.292. The third-order valence-electron chi connectivity index (χ3n) is 5.64. The summed E-state index contributed by atoms with van der Waals surface area (Å²) in [7, 11) is 0. The molecule has 0 aliphatic heterocycles. The van der Waals surface area contributed by atoms with Crippen molar-refractivity contribution in [1.82, 2.24) is 10.3 Å². The number of fused-ring (bicyclic) bond motifs is 1. The quantitative estimate of drug-likeness (QED) is 0.461. The lowest BCUT2D eigenvalue weighted by molar-refractivity contribution is -0.145. The van der Waals surface area contributed by atoms with E-state index in [9.17, 15) is 14.7 Å². The number of nitrogens with zero attached hydrogens (tertiary/aromatic N) is 1. The normalized spacial score (nSPS) is 14.0. The number of hydrogen-bond acceptors (Lipinski definition) is 6. The molecule has 1 heterocycles. The molecule has 1 aliphatic carbocycles. The smallest absolute Gasteiger partial charge is 0.304 e. The van der Waals surface area contributed by atoms with Gasteiger partial charge in [-0.3, -0.25) is 9.59 Å². The Morgan fingerprint density at radius 3 is 2.50 bits per heavy atom. The van der Waals surface area contributed by atoms with Crippen molar-refractivity contribution in [2.24, 2.45) is 11.1 Å². The number of carbonyl (C=O) groups is 2. The second kappa shape index (κ2) is 9.50. The molecular formula is C24H25N3O4S. The van der Waals surface area contributed by atoms with E-state index in [4.69, 9.17) is 10.5 Å². The van der Waals surface area contributed by atoms with Gasteiger partial charge in [0.15, 0.2) is 0 Å². The van der Waals surface area contributed by atoms with E-state index in [1.165, 1.54) is 11.3 Å². The van der Waals surface area contributed by atoms with Crippen molar-refractivity contribution in [2.45, 2.75) is 25.8 Å². The van der Waals surface area contributed by atoms with Crippen LogP contribution in [0.5, 0.6) is 5.75 Å². The van der Waals surface area contributed by atoms with E-state index in [0.717, 1.165) is 27.4 Å². The van der Waals surface area contributed by atoms with Gasteiger partial charge in [0.25, 0.3) is 0 Å². The molecule has 4 rings (SSSR count). The molecule has 2 aromatic carbocycles. The number of nitrogens with two attached hydrogens (primary N) is 1. The Labute approximate surface area is 190 Å². The third kappa shape index (κ3) is 4.66. The van der Waals surface area contributed by atoms with Crippen molar-refractivity contribution in [3.63, 3.8) is 0 Å². The predicted octanol–water partition coefficient (Wildman–Crippen LogP) is 3.02. The van der Waals surface area contributed by atoms with Crippen molar-refractivity contribution in [2.75, 3.05) is 13.2 Å². The van der Waals surface area contributed by atoms with Gasteiger partial charge in [-0.15, -0.1) is 11.3 Å². The Kier molecular flexibility index (Phi) is 6.53. The second-order valence-corrected chi connectivity index (χ2v) is 8.86. The highest BCUT2D eigenvalue weighted by atomic mass is 32.1. The molecule has 1 aromatic heterocycles. The van der Waals surface area contributed by atoms with Crippen LogP contribution in [0.4, 0.5) is 0 Å². The Bertz CT molecular complexity index is 1100. The maximum Gasteiger partial charge on any atom is 0.304 e. The highest BCUT2D eigenvalue weighted by Crippen LogP contribution is 2.40. The summed E-state index contributed by atoms with van der Waals surface area (Å²) in [5.41, 5.74) is 8.27. The number of rotatable bonds is 9. The average Bonchev–Trinajstić information content (AvgIpc) is 3.40. The zero-order valence-electron chi connectivity index (χ0n) is 17.5. The maximum atomic E-state index is 13.2. The molecule has 0 saturated carbocycles. The lowest BCUT2D eigenvalue weighted by Crippen LogP contribution is -2.43. The lowest BCUT2D eigenvalue weighted by atomic mass is 9.80. The van der Waals surface area contributed by atoms with Gasteiger partial charge < -0.3 is 20.9 Å². The fourth-order valence-electron chi connectivity index (χ4n) is 4.18. The van der Waals surface area contributed by atoms with Crippen molar-refractivity contribution in [1.29, 1.82) is 0 Å². The van der Waals surface area contributed by atoms with Crippen molar-refractivity contribution < 1.29 is 19.4 Å². The molecule has 0 saturated heterocycles. The van der Waals surface area contributed by atoms with Gasteiger partial charge in [-0.1, -0.05) is 36.4 Å². The summed E-state index contributed by atoms with van der Waals surface area (Å²) in [5.74, 6) is -0.513. The number of ether oxygens (including phenoxy) is 1. The molecule has 0 bridgehead atoms. The lowest BCUT2D eigenvalue weighted by Gasteiger charge is -2.25. The number of benzene rings is 2. The molecule has 0 fully saturated rings. The van der Waals surface area contributed by atoms with E-state index < -0.39 is 11.4 Å². The van der Waals surface area contributed by atoms with Gasteiger partial charge in [0.2, 0.25) is 5.91 Å². The van der Waals surface area contributed by atoms with Crippen LogP contribution in [0.15, 0.2) is 53.9 Å². The molecule has 0 atom stereocenters. The van der Waals surface area contributed by atoms with Crippen LogP contribution in [-0.4, -0.2) is 35.1 Å². The summed E-state index contributed by atoms with van der Waals surface area (Å²) in [6.45, 7) is 1.08. The molecule has 32 heavy (non-hydrogen) atoms. The van der Waals surface area contributed by atoms with E-state index in [2.05, 4.69) is 10.3 Å². The summed E-state index contributed by atoms with van der Waals surface area (Å²) in [5, 5.41) is 15.1. The molecule has 1 aliphatic rings. The molecule has 3 aromatic rings. The van der Waals surface area contributed by atoms with Crippen LogP contribution in [0.1, 0.15) is 22.6 Å². The monoisotopic (exact) mass is 451 g/mol. The number of hydrogen-bond donors (Lipinski definition) is 3. The average molecular weight is 452 g/mol. The van der Waals surface area contributed by atoms with E-state index in [0.29, 0.717) is 31.7 Å². The van der Waals surface area contributed by atoms with Crippen LogP contribution >= 0.6 is 11.3 Å². The molecule has 8 heteroatoms. The van der Waals surface area contributed by atoms with Crippen molar-refractivity contribution in [3.05, 3.63) is 70.0 Å². The first-order valence-electron chi connectivity index (χ1n) is 10.4. The molecule has 0 radical (unpaired) electrons. The number of carbonyl (C=O) groups excluding carboxylic acids is 1. The maximum absolute atomic E-state index is 13.2. The first-order valence-corrected chi connectivity index (χ1v) is 11.3. The Hall–Kier alpha value is -3.23. The van der Waals surface area contributed by atoms with Crippen LogP contribution in [0.3, 0.4) is 0 Å². The van der Waals surface area contributed by atoms with Gasteiger partial charge >= 0.3 is 5.97 Å². The zero-order chi connectivity index (χ0) is 22.6. The molecule has 0 spiro atoms. The van der Waals surface area contributed by atoms with Gasteiger partial charge in [-0.25, -0.2) is 4.98 Å². The zero-order valence-corrected chi connectivity index (χ0v) is 18.4. The summed E-state index contributed by atoms with van der Waals surface area (Å²) in [6.07, 6.45) is 0.648. The largest absolute Gasteiger partial charge is 0.492 e. The summed E-state index contributed by atoms with van der Waals surface area (Å²) < 4.78 is 5.71. The van der Waals surface area contributed by atoms with Gasteiger partial charge in [-0.05, 0) is 36.1 Å². The van der Waals surface area contributed by atoms with E-state index >= 15 is 0 Å². The van der Waals surface area contributed by atoms with Gasteiger partial charge in [0.1, 0.15) is 17.4 Å². The minimum absolute atomic E-state index is 0.206. The first-order chi connectivity index (χ1) is 15.5. The van der Waals surface area contributed by atoms with Crippen LogP contribution in [0, 0.1) is 5.41 Å². The molecule has 166 valence electrons. The van der Waals surface area contributed by atoms with Gasteiger partial charge in [0, 0.05) is 17.5 Å². The molecule has 1 amide bonds. The summed E-state index contributed by atoms with van der Waals surface area (Å²) in [6, 6.07) is 15.4. The van der Waals surface area contributed by atoms with Crippen LogP contribution < -0.4 is 15.8 Å². The molecule has 0 unspecified atom stereocenters. The predicted molar refractivity (Wildman–Crippen MR) is 122 cm³/mol. The van der Waals surface area contributed by atoms with Crippen LogP contribution in [0.2, 0.25) is 0 Å². The number of nitrogens with one attached hydrogen (secondary N) is 1. The number of thiazole rings is 1. The highest BCUT2D eigenvalue weighted by Gasteiger charge is 2.45. The Morgan fingerprint density at radius 1 is 1.12 bits per heavy atom. The summed E-state index contributed by atoms with van der Waals surface area (Å²) >= 11 is 1.44. The number of aromatic nitrogens is 1. The third-order valence-corrected chi connectivity index (χ3v) is 6.49. The van der Waals surface area contributed by atoms with E-state index in [-0.39, 0.29) is 18.9 Å². The number of carboxylic acid groups (broad SMARTS) is 1. The SMILES string of the molecule is NCCOc1ccccc1-c1csc(CNC(=O)C2(CC(=O)O)Cc3ccccc3C2)n1. The van der Waals surface area contributed by atoms with Crippen LogP contribution in [0.25, 0.3) is 11.3 Å². The standard InChI is InChI=1S/C24H25N3O4S/c25-9-10-31-20-8-4-3-7-18(20)19-15-32-21(27-19)14-26-23(30)24(13-22(28)29)11-16-5-1-2-6-17(16)12-24/h1-8,15H,9-14,25H2,(H,26,30)(H,28,29). The van der Waals surface area contributed by atoms with Crippen molar-refractivity contribution >= 4 is 23.2 Å². The van der Waals surface area contributed by atoms with Gasteiger partial charge in [-0.2, -0.15) is 0 Å². The number of aliphatic carboxylic acids is 1. The molecule has 7 nitrogen and oxygen atoms in total. The Balaban J connectivity index is 1.47. The number of amides is 1. The van der Waals surface area contributed by atoms with E-state index in [1.54, 1.807) is 0 Å². The van der Waals surface area contributed by atoms with E-state index in [1.807, 2.05) is 53.9 Å².